The molecule has 0 aromatic carbocycles. The number of aromatic nitrogens is 1. The lowest BCUT2D eigenvalue weighted by atomic mass is 10.1. The van der Waals surface area contributed by atoms with Gasteiger partial charge in [0.25, 0.3) is 0 Å². The zero-order valence-corrected chi connectivity index (χ0v) is 18.1. The average molecular weight is 407 g/mol. The second-order valence-electron chi connectivity index (χ2n) is 7.24. The van der Waals surface area contributed by atoms with Gasteiger partial charge in [-0.15, -0.1) is 11.3 Å². The Morgan fingerprint density at radius 1 is 1.21 bits per heavy atom. The fraction of sp³-hybridized carbons (Fsp3) is 0.450. The molecule has 28 heavy (non-hydrogen) atoms. The number of carbonyl (C=O) groups excluding carboxylic acids is 2. The Balaban J connectivity index is 2.50. The number of rotatable bonds is 5. The van der Waals surface area contributed by atoms with E-state index in [0.29, 0.717) is 22.0 Å². The maximum absolute atomic E-state index is 13.0. The summed E-state index contributed by atoms with van der Waals surface area (Å²) in [6.45, 7) is 9.28. The van der Waals surface area contributed by atoms with Crippen LogP contribution >= 0.6 is 11.3 Å². The van der Waals surface area contributed by atoms with E-state index in [-0.39, 0.29) is 6.54 Å². The molecule has 0 aliphatic heterocycles. The largest absolute Gasteiger partial charge is 0.496 e. The van der Waals surface area contributed by atoms with E-state index in [2.05, 4.69) is 4.98 Å². The van der Waals surface area contributed by atoms with Crippen molar-refractivity contribution in [1.82, 2.24) is 4.98 Å². The molecule has 0 bridgehead atoms. The molecule has 0 radical (unpaired) electrons. The quantitative estimate of drug-likeness (QED) is 0.681. The number of amides is 1. The molecule has 0 aliphatic rings. The molecule has 0 fully saturated rings. The number of anilines is 1. The van der Waals surface area contributed by atoms with E-state index in [1.165, 1.54) is 23.3 Å². The van der Waals surface area contributed by atoms with Gasteiger partial charge in [0.05, 0.1) is 32.1 Å². The maximum atomic E-state index is 13.0. The summed E-state index contributed by atoms with van der Waals surface area (Å²) in [7, 11) is 2.90. The predicted molar refractivity (Wildman–Crippen MR) is 108 cm³/mol. The summed E-state index contributed by atoms with van der Waals surface area (Å²) in [6, 6.07) is 1.70. The number of hydrogen-bond donors (Lipinski definition) is 0. The highest BCUT2D eigenvalue weighted by atomic mass is 32.1. The molecule has 0 N–H and O–H groups in total. The smallest absolute Gasteiger partial charge is 0.415 e. The first-order chi connectivity index (χ1) is 13.1. The molecule has 0 saturated carbocycles. The van der Waals surface area contributed by atoms with Crippen LogP contribution < -0.4 is 9.64 Å². The van der Waals surface area contributed by atoms with E-state index in [9.17, 15) is 9.59 Å². The molecule has 0 aliphatic carbocycles. The van der Waals surface area contributed by atoms with Crippen molar-refractivity contribution in [2.75, 3.05) is 19.1 Å². The summed E-state index contributed by atoms with van der Waals surface area (Å²) in [5.41, 5.74) is 2.11. The van der Waals surface area contributed by atoms with Gasteiger partial charge in [0.1, 0.15) is 16.2 Å². The van der Waals surface area contributed by atoms with E-state index < -0.39 is 17.7 Å². The molecule has 2 rings (SSSR count). The number of thiophene rings is 1. The van der Waals surface area contributed by atoms with Crippen LogP contribution in [0, 0.1) is 13.8 Å². The number of aryl methyl sites for hydroxylation is 1. The van der Waals surface area contributed by atoms with E-state index >= 15 is 0 Å². The van der Waals surface area contributed by atoms with Crippen molar-refractivity contribution in [3.8, 4) is 5.75 Å². The molecule has 7 nitrogen and oxygen atoms in total. The van der Waals surface area contributed by atoms with Crippen LogP contribution in [-0.2, 0) is 16.0 Å². The Kier molecular flexibility index (Phi) is 6.66. The number of pyridine rings is 1. The van der Waals surface area contributed by atoms with Gasteiger partial charge in [-0.05, 0) is 46.1 Å². The van der Waals surface area contributed by atoms with Crippen LogP contribution in [0.2, 0.25) is 0 Å². The van der Waals surface area contributed by atoms with Gasteiger partial charge in [0.2, 0.25) is 0 Å². The highest BCUT2D eigenvalue weighted by Crippen LogP contribution is 2.31. The van der Waals surface area contributed by atoms with Gasteiger partial charge >= 0.3 is 12.1 Å². The van der Waals surface area contributed by atoms with Crippen LogP contribution in [-0.4, -0.2) is 36.9 Å². The monoisotopic (exact) mass is 406 g/mol. The van der Waals surface area contributed by atoms with E-state index in [1.54, 1.807) is 45.5 Å². The zero-order valence-electron chi connectivity index (χ0n) is 17.3. The number of ether oxygens (including phenoxy) is 3. The van der Waals surface area contributed by atoms with E-state index in [1.807, 2.05) is 13.8 Å². The van der Waals surface area contributed by atoms with Crippen LogP contribution in [0.15, 0.2) is 17.6 Å². The minimum Gasteiger partial charge on any atom is -0.496 e. The van der Waals surface area contributed by atoms with Gasteiger partial charge in [-0.1, -0.05) is 0 Å². The summed E-state index contributed by atoms with van der Waals surface area (Å²) in [4.78, 5) is 31.3. The first-order valence-electron chi connectivity index (χ1n) is 8.74. The molecule has 1 amide bonds. The molecule has 0 atom stereocenters. The average Bonchev–Trinajstić information content (AvgIpc) is 3.08. The Hall–Kier alpha value is -2.61. The first kappa shape index (κ1) is 21.7. The van der Waals surface area contributed by atoms with Gasteiger partial charge in [0.15, 0.2) is 0 Å². The minimum atomic E-state index is -0.690. The Morgan fingerprint density at radius 3 is 2.46 bits per heavy atom. The second kappa shape index (κ2) is 8.60. The van der Waals surface area contributed by atoms with Crippen molar-refractivity contribution in [2.45, 2.75) is 46.8 Å². The summed E-state index contributed by atoms with van der Waals surface area (Å²) in [6.07, 6.45) is 1.13. The van der Waals surface area contributed by atoms with Crippen LogP contribution in [0.3, 0.4) is 0 Å². The van der Waals surface area contributed by atoms with E-state index in [4.69, 9.17) is 14.2 Å². The molecule has 2 heterocycles. The lowest BCUT2D eigenvalue weighted by Gasteiger charge is -2.28. The SMILES string of the molecule is COC(=O)c1sccc1N(Cc1ncc(C)c(OC)c1C)C(=O)OC(C)(C)C. The lowest BCUT2D eigenvalue weighted by molar-refractivity contribution is 0.0576. The van der Waals surface area contributed by atoms with Crippen molar-refractivity contribution in [3.63, 3.8) is 0 Å². The van der Waals surface area contributed by atoms with Gasteiger partial charge in [-0.2, -0.15) is 0 Å². The second-order valence-corrected chi connectivity index (χ2v) is 8.16. The summed E-state index contributed by atoms with van der Waals surface area (Å²) in [5.74, 6) is 0.206. The standard InChI is InChI=1S/C20H26N2O5S/c1-12-10-21-14(13(2)16(12)25-6)11-22(19(24)27-20(3,4)5)15-8-9-28-17(15)18(23)26-7/h8-10H,11H2,1-7H3. The van der Waals surface area contributed by atoms with Gasteiger partial charge in [-0.3, -0.25) is 9.88 Å². The molecule has 0 spiro atoms. The van der Waals surface area contributed by atoms with Crippen molar-refractivity contribution in [2.24, 2.45) is 0 Å². The van der Waals surface area contributed by atoms with Crippen LogP contribution in [0.1, 0.15) is 47.3 Å². The first-order valence-corrected chi connectivity index (χ1v) is 9.62. The summed E-state index contributed by atoms with van der Waals surface area (Å²) < 4.78 is 15.9. The van der Waals surface area contributed by atoms with Crippen molar-refractivity contribution in [1.29, 1.82) is 0 Å². The Labute approximate surface area is 169 Å². The molecular formula is C20H26N2O5S. The normalized spacial score (nSPS) is 11.1. The van der Waals surface area contributed by atoms with Crippen LogP contribution in [0.5, 0.6) is 5.75 Å². The number of methoxy groups -OCH3 is 2. The molecule has 2 aromatic heterocycles. The molecule has 0 unspecified atom stereocenters. The Morgan fingerprint density at radius 2 is 1.89 bits per heavy atom. The van der Waals surface area contributed by atoms with Crippen LogP contribution in [0.4, 0.5) is 10.5 Å². The van der Waals surface area contributed by atoms with Crippen molar-refractivity contribution in [3.05, 3.63) is 39.3 Å². The Bertz CT molecular complexity index is 870. The summed E-state index contributed by atoms with van der Waals surface area (Å²) in [5, 5.41) is 1.73. The third-order valence-electron chi connectivity index (χ3n) is 3.98. The summed E-state index contributed by atoms with van der Waals surface area (Å²) >= 11 is 1.20. The third-order valence-corrected chi connectivity index (χ3v) is 4.86. The van der Waals surface area contributed by atoms with E-state index in [0.717, 1.165) is 11.1 Å². The van der Waals surface area contributed by atoms with Crippen molar-refractivity contribution < 1.29 is 23.8 Å². The molecule has 8 heteroatoms. The predicted octanol–water partition coefficient (Wildman–Crippen LogP) is 4.50. The highest BCUT2D eigenvalue weighted by Gasteiger charge is 2.29. The molecule has 2 aromatic rings. The number of carbonyl (C=O) groups is 2. The van der Waals surface area contributed by atoms with Crippen LogP contribution in [0.25, 0.3) is 0 Å². The van der Waals surface area contributed by atoms with Crippen molar-refractivity contribution >= 4 is 29.1 Å². The van der Waals surface area contributed by atoms with Gasteiger partial charge in [0, 0.05) is 17.3 Å². The zero-order chi connectivity index (χ0) is 21.1. The van der Waals surface area contributed by atoms with Gasteiger partial charge in [-0.25, -0.2) is 9.59 Å². The fourth-order valence-corrected chi connectivity index (χ4v) is 3.52. The van der Waals surface area contributed by atoms with Gasteiger partial charge < -0.3 is 14.2 Å². The number of hydrogen-bond acceptors (Lipinski definition) is 7. The topological polar surface area (TPSA) is 78.0 Å². The molecular weight excluding hydrogens is 380 g/mol. The molecule has 0 saturated heterocycles. The lowest BCUT2D eigenvalue weighted by Crippen LogP contribution is -2.37. The highest BCUT2D eigenvalue weighted by molar-refractivity contribution is 7.12. The maximum Gasteiger partial charge on any atom is 0.415 e. The third kappa shape index (κ3) is 4.81. The number of nitrogens with zero attached hydrogens (tertiary/aromatic N) is 2. The number of esters is 1. The molecule has 152 valence electrons. The fourth-order valence-electron chi connectivity index (χ4n) is 2.71. The minimum absolute atomic E-state index is 0.123.